The number of ether oxygens (including phenoxy) is 1. The Morgan fingerprint density at radius 1 is 0.873 bits per heavy atom. The Labute approximate surface area is 327 Å². The van der Waals surface area contributed by atoms with E-state index in [1.807, 2.05) is 72.8 Å². The van der Waals surface area contributed by atoms with Gasteiger partial charge in [0, 0.05) is 30.1 Å². The van der Waals surface area contributed by atoms with Crippen LogP contribution in [0.5, 0.6) is 5.75 Å². The van der Waals surface area contributed by atoms with Crippen LogP contribution in [0.25, 0.3) is 0 Å². The summed E-state index contributed by atoms with van der Waals surface area (Å²) in [6.45, 7) is 0.552. The number of hydrogen-bond donors (Lipinski definition) is 3. The molecule has 11 nitrogen and oxygen atoms in total. The summed E-state index contributed by atoms with van der Waals surface area (Å²) in [6, 6.07) is 24.2. The van der Waals surface area contributed by atoms with Crippen LogP contribution in [-0.4, -0.2) is 82.5 Å². The molecular formula is C43H52N4O7S. The molecular weight excluding hydrogens is 717 g/mol. The molecule has 0 spiro atoms. The lowest BCUT2D eigenvalue weighted by molar-refractivity contribution is -0.154. The van der Waals surface area contributed by atoms with Crippen LogP contribution in [0, 0.1) is 11.8 Å². The lowest BCUT2D eigenvalue weighted by atomic mass is 9.86. The Morgan fingerprint density at radius 3 is 2.25 bits per heavy atom. The van der Waals surface area contributed by atoms with Crippen LogP contribution in [0.3, 0.4) is 0 Å². The molecule has 3 aliphatic rings. The van der Waals surface area contributed by atoms with E-state index in [0.717, 1.165) is 36.8 Å². The van der Waals surface area contributed by atoms with Gasteiger partial charge in [-0.05, 0) is 99.6 Å². The van der Waals surface area contributed by atoms with E-state index in [2.05, 4.69) is 10.6 Å². The van der Waals surface area contributed by atoms with E-state index in [1.165, 1.54) is 4.90 Å². The summed E-state index contributed by atoms with van der Waals surface area (Å²) in [7, 11) is 1.57. The van der Waals surface area contributed by atoms with Crippen molar-refractivity contribution < 1.29 is 33.8 Å². The topological polar surface area (TPSA) is 145 Å². The number of nitrogens with zero attached hydrogens (tertiary/aromatic N) is 2. The van der Waals surface area contributed by atoms with E-state index in [1.54, 1.807) is 35.9 Å². The second-order valence-electron chi connectivity index (χ2n) is 14.8. The number of rotatable bonds is 14. The van der Waals surface area contributed by atoms with Crippen molar-refractivity contribution in [2.75, 3.05) is 24.3 Å². The Balaban J connectivity index is 1.29. The second kappa shape index (κ2) is 19.2. The first-order chi connectivity index (χ1) is 26.7. The van der Waals surface area contributed by atoms with Crippen molar-refractivity contribution in [3.63, 3.8) is 0 Å². The zero-order chi connectivity index (χ0) is 38.7. The van der Waals surface area contributed by atoms with Crippen molar-refractivity contribution >= 4 is 47.0 Å². The van der Waals surface area contributed by atoms with Crippen LogP contribution in [0.2, 0.25) is 0 Å². The number of aliphatic carboxylic acids is 1. The molecule has 3 aromatic rings. The minimum atomic E-state index is -1.02. The molecule has 6 rings (SSSR count). The summed E-state index contributed by atoms with van der Waals surface area (Å²) in [5, 5.41) is 15.8. The van der Waals surface area contributed by atoms with Gasteiger partial charge in [0.2, 0.25) is 23.6 Å². The number of carboxylic acids is 1. The molecule has 0 aliphatic carbocycles. The number of anilines is 1. The number of amides is 4. The SMILES string of the molecule is COc1cccc(N(C(=O)[C@H](CC[C@H](Cc2ccccc2)C(=O)NC2CCSC3CCCC(C(=O)O)N3C2=O)Cc2ccccc2)C2CCCCNC2=O)c1. The molecule has 3 aromatic carbocycles. The van der Waals surface area contributed by atoms with Gasteiger partial charge in [0.15, 0.2) is 0 Å². The fourth-order valence-corrected chi connectivity index (χ4v) is 9.53. The third kappa shape index (κ3) is 10.1. The van der Waals surface area contributed by atoms with Crippen molar-refractivity contribution in [2.45, 2.75) is 94.1 Å². The van der Waals surface area contributed by atoms with Gasteiger partial charge in [0.25, 0.3) is 0 Å². The van der Waals surface area contributed by atoms with Gasteiger partial charge in [-0.1, -0.05) is 66.7 Å². The lowest BCUT2D eigenvalue weighted by Gasteiger charge is -2.39. The van der Waals surface area contributed by atoms with E-state index in [-0.39, 0.29) is 29.0 Å². The number of hydrogen-bond acceptors (Lipinski definition) is 7. The molecule has 292 valence electrons. The molecule has 0 aromatic heterocycles. The highest BCUT2D eigenvalue weighted by atomic mass is 32.2. The van der Waals surface area contributed by atoms with Gasteiger partial charge >= 0.3 is 5.97 Å². The molecule has 6 atom stereocenters. The van der Waals surface area contributed by atoms with E-state index < -0.39 is 35.9 Å². The van der Waals surface area contributed by atoms with Gasteiger partial charge in [0.1, 0.15) is 23.9 Å². The third-order valence-corrected chi connectivity index (χ3v) is 12.4. The number of methoxy groups -OCH3 is 1. The number of carboxylic acid groups (broad SMARTS) is 1. The normalized spacial score (nSPS) is 22.5. The first-order valence-electron chi connectivity index (χ1n) is 19.5. The van der Waals surface area contributed by atoms with Gasteiger partial charge in [-0.3, -0.25) is 24.1 Å². The van der Waals surface area contributed by atoms with E-state index in [9.17, 15) is 24.3 Å². The standard InChI is InChI=1S/C43H52N4O7S/c1-54-34-17-10-16-33(28-34)46(36-18-8-9-24-44-40(36)49)41(50)32(27-30-14-6-3-7-15-30)22-21-31(26-29-12-4-2-5-13-29)39(48)45-35-23-25-55-38-20-11-19-37(43(52)53)47(38)42(35)51/h2-7,10,12-17,28,31-32,35-38H,8-9,11,18-27H2,1H3,(H,44,49)(H,45,48)(H,52,53)/t31-,32-,35?,36?,37?,38?/m1/s1. The van der Waals surface area contributed by atoms with Gasteiger partial charge in [-0.2, -0.15) is 0 Å². The van der Waals surface area contributed by atoms with Crippen LogP contribution < -0.4 is 20.3 Å². The zero-order valence-corrected chi connectivity index (χ0v) is 32.3. The van der Waals surface area contributed by atoms with Crippen molar-refractivity contribution in [3.8, 4) is 5.75 Å². The molecule has 12 heteroatoms. The highest BCUT2D eigenvalue weighted by Gasteiger charge is 2.44. The molecule has 4 unspecified atom stereocenters. The molecule has 3 heterocycles. The maximum Gasteiger partial charge on any atom is 0.326 e. The Hall–Kier alpha value is -4.84. The molecule has 3 aliphatic heterocycles. The van der Waals surface area contributed by atoms with Crippen LogP contribution in [-0.2, 0) is 36.8 Å². The smallest absolute Gasteiger partial charge is 0.326 e. The Kier molecular flexibility index (Phi) is 13.9. The molecule has 0 bridgehead atoms. The Bertz CT molecular complexity index is 1790. The summed E-state index contributed by atoms with van der Waals surface area (Å²) < 4.78 is 5.53. The highest BCUT2D eigenvalue weighted by Crippen LogP contribution is 2.35. The predicted molar refractivity (Wildman–Crippen MR) is 213 cm³/mol. The van der Waals surface area contributed by atoms with Crippen LogP contribution in [0.1, 0.15) is 68.9 Å². The maximum atomic E-state index is 15.1. The number of carbonyl (C=O) groups is 5. The number of nitrogens with one attached hydrogen (secondary N) is 2. The summed E-state index contributed by atoms with van der Waals surface area (Å²) >= 11 is 1.58. The molecule has 3 N–H and O–H groups in total. The van der Waals surface area contributed by atoms with E-state index in [4.69, 9.17) is 4.74 Å². The lowest BCUT2D eigenvalue weighted by Crippen LogP contribution is -2.57. The van der Waals surface area contributed by atoms with Gasteiger partial charge in [-0.15, -0.1) is 11.8 Å². The van der Waals surface area contributed by atoms with Crippen LogP contribution >= 0.6 is 11.8 Å². The molecule has 3 fully saturated rings. The predicted octanol–water partition coefficient (Wildman–Crippen LogP) is 5.61. The van der Waals surface area contributed by atoms with Gasteiger partial charge in [-0.25, -0.2) is 4.79 Å². The van der Waals surface area contributed by atoms with Crippen molar-refractivity contribution in [1.29, 1.82) is 0 Å². The van der Waals surface area contributed by atoms with Gasteiger partial charge < -0.3 is 25.4 Å². The molecule has 0 radical (unpaired) electrons. The number of thioether (sulfide) groups is 1. The molecule has 4 amide bonds. The fourth-order valence-electron chi connectivity index (χ4n) is 8.14. The minimum Gasteiger partial charge on any atom is -0.497 e. The molecule has 0 saturated carbocycles. The molecule has 55 heavy (non-hydrogen) atoms. The molecule has 3 saturated heterocycles. The first-order valence-corrected chi connectivity index (χ1v) is 20.6. The largest absolute Gasteiger partial charge is 0.497 e. The fraction of sp³-hybridized carbons (Fsp3) is 0.465. The van der Waals surface area contributed by atoms with Crippen molar-refractivity contribution in [3.05, 3.63) is 96.1 Å². The number of fused-ring (bicyclic) bond motifs is 1. The maximum absolute atomic E-state index is 15.1. The van der Waals surface area contributed by atoms with Gasteiger partial charge in [0.05, 0.1) is 12.5 Å². The van der Waals surface area contributed by atoms with E-state index in [0.29, 0.717) is 68.7 Å². The summed E-state index contributed by atoms with van der Waals surface area (Å²) in [5.74, 6) is -2.05. The summed E-state index contributed by atoms with van der Waals surface area (Å²) in [4.78, 5) is 72.3. The number of carbonyl (C=O) groups excluding carboxylic acids is 4. The third-order valence-electron chi connectivity index (χ3n) is 11.1. The first kappa shape index (κ1) is 39.8. The average Bonchev–Trinajstić information content (AvgIpc) is 3.51. The highest BCUT2D eigenvalue weighted by molar-refractivity contribution is 7.99. The quantitative estimate of drug-likeness (QED) is 0.192. The monoisotopic (exact) mass is 768 g/mol. The van der Waals surface area contributed by atoms with E-state index >= 15 is 4.79 Å². The van der Waals surface area contributed by atoms with Crippen molar-refractivity contribution in [2.24, 2.45) is 11.8 Å². The number of benzene rings is 3. The van der Waals surface area contributed by atoms with Crippen LogP contribution in [0.15, 0.2) is 84.9 Å². The summed E-state index contributed by atoms with van der Waals surface area (Å²) in [6.07, 6.45) is 5.85. The minimum absolute atomic E-state index is 0.194. The summed E-state index contributed by atoms with van der Waals surface area (Å²) in [5.41, 5.74) is 2.49. The Morgan fingerprint density at radius 2 is 1.56 bits per heavy atom. The zero-order valence-electron chi connectivity index (χ0n) is 31.4. The van der Waals surface area contributed by atoms with Crippen LogP contribution in [0.4, 0.5) is 5.69 Å². The van der Waals surface area contributed by atoms with Crippen molar-refractivity contribution in [1.82, 2.24) is 15.5 Å². The second-order valence-corrected chi connectivity index (χ2v) is 16.1. The number of piperidine rings is 1. The average molecular weight is 769 g/mol.